The van der Waals surface area contributed by atoms with Crippen LogP contribution in [0, 0.1) is 5.92 Å². The normalized spacial score (nSPS) is 25.2. The molecule has 3 aliphatic heterocycles. The number of ether oxygens (including phenoxy) is 2. The molecule has 2 aromatic carbocycles. The van der Waals surface area contributed by atoms with E-state index < -0.39 is 0 Å². The second-order valence-electron chi connectivity index (χ2n) is 7.39. The van der Waals surface area contributed by atoms with Crippen LogP contribution >= 0.6 is 0 Å². The summed E-state index contributed by atoms with van der Waals surface area (Å²) in [7, 11) is 0. The van der Waals surface area contributed by atoms with Gasteiger partial charge in [0.15, 0.2) is 11.5 Å². The molecule has 4 aliphatic rings. The van der Waals surface area contributed by atoms with Crippen molar-refractivity contribution in [3.8, 4) is 11.5 Å². The Morgan fingerprint density at radius 1 is 0.917 bits per heavy atom. The van der Waals surface area contributed by atoms with Crippen LogP contribution in [0.2, 0.25) is 0 Å². The third kappa shape index (κ3) is 2.57. The Hall–Kier alpha value is -2.00. The van der Waals surface area contributed by atoms with Crippen molar-refractivity contribution < 1.29 is 9.47 Å². The van der Waals surface area contributed by atoms with Crippen molar-refractivity contribution in [2.75, 3.05) is 13.3 Å². The van der Waals surface area contributed by atoms with Gasteiger partial charge in [0.1, 0.15) is 0 Å². The second kappa shape index (κ2) is 5.82. The molecule has 1 aliphatic carbocycles. The summed E-state index contributed by atoms with van der Waals surface area (Å²) in [5, 5.41) is 0. The zero-order chi connectivity index (χ0) is 15.9. The minimum atomic E-state index is 0.351. The molecular weight excluding hydrogens is 298 g/mol. The van der Waals surface area contributed by atoms with E-state index in [0.717, 1.165) is 24.0 Å². The first kappa shape index (κ1) is 14.4. The van der Waals surface area contributed by atoms with Gasteiger partial charge in [0, 0.05) is 19.1 Å². The highest BCUT2D eigenvalue weighted by Gasteiger charge is 2.31. The number of rotatable bonds is 2. The van der Waals surface area contributed by atoms with Crippen LogP contribution in [-0.2, 0) is 19.4 Å². The van der Waals surface area contributed by atoms with Crippen LogP contribution in [0.3, 0.4) is 0 Å². The lowest BCUT2D eigenvalue weighted by molar-refractivity contribution is 0.0937. The van der Waals surface area contributed by atoms with E-state index in [-0.39, 0.29) is 0 Å². The lowest BCUT2D eigenvalue weighted by Crippen LogP contribution is -2.46. The van der Waals surface area contributed by atoms with Gasteiger partial charge in [0.05, 0.1) is 0 Å². The molecule has 0 radical (unpaired) electrons. The van der Waals surface area contributed by atoms with Gasteiger partial charge in [-0.1, -0.05) is 30.3 Å². The van der Waals surface area contributed by atoms with E-state index in [9.17, 15) is 0 Å². The summed E-state index contributed by atoms with van der Waals surface area (Å²) in [6.45, 7) is 2.58. The summed E-state index contributed by atoms with van der Waals surface area (Å²) in [5.41, 5.74) is 4.47. The number of piperidine rings is 1. The average molecular weight is 321 g/mol. The quantitative estimate of drug-likeness (QED) is 0.840. The van der Waals surface area contributed by atoms with E-state index in [1.807, 2.05) is 0 Å². The van der Waals surface area contributed by atoms with Gasteiger partial charge in [-0.25, -0.2) is 0 Å². The van der Waals surface area contributed by atoms with Gasteiger partial charge in [-0.2, -0.15) is 0 Å². The van der Waals surface area contributed by atoms with E-state index >= 15 is 0 Å². The monoisotopic (exact) mass is 321 g/mol. The zero-order valence-electron chi connectivity index (χ0n) is 13.9. The first-order chi connectivity index (χ1) is 11.8. The molecule has 0 N–H and O–H groups in total. The number of hydrogen-bond acceptors (Lipinski definition) is 3. The molecule has 0 unspecified atom stereocenters. The van der Waals surface area contributed by atoms with Gasteiger partial charge in [-0.15, -0.1) is 0 Å². The maximum atomic E-state index is 5.54. The lowest BCUT2D eigenvalue weighted by atomic mass is 9.80. The second-order valence-corrected chi connectivity index (χ2v) is 7.39. The SMILES string of the molecule is c1ccc2c(c1)C[C@H]1CC[C@H](C2)N(Cc2ccc3c(c2)OCO3)C1. The highest BCUT2D eigenvalue weighted by atomic mass is 16.7. The van der Waals surface area contributed by atoms with Crippen molar-refractivity contribution >= 4 is 0 Å². The van der Waals surface area contributed by atoms with Crippen molar-refractivity contribution in [1.29, 1.82) is 0 Å². The van der Waals surface area contributed by atoms with Crippen LogP contribution in [0.4, 0.5) is 0 Å². The average Bonchev–Trinajstić information content (AvgIpc) is 3.03. The topological polar surface area (TPSA) is 21.7 Å². The predicted molar refractivity (Wildman–Crippen MR) is 93.3 cm³/mol. The largest absolute Gasteiger partial charge is 0.454 e. The van der Waals surface area contributed by atoms with Crippen molar-refractivity contribution in [2.45, 2.75) is 38.3 Å². The van der Waals surface area contributed by atoms with Crippen LogP contribution in [0.5, 0.6) is 11.5 Å². The number of fused-ring (bicyclic) bond motifs is 3. The fourth-order valence-corrected chi connectivity index (χ4v) is 4.57. The number of benzene rings is 2. The first-order valence-electron chi connectivity index (χ1n) is 9.04. The molecule has 2 aromatic rings. The highest BCUT2D eigenvalue weighted by Crippen LogP contribution is 2.35. The van der Waals surface area contributed by atoms with Gasteiger partial charge in [0.25, 0.3) is 0 Å². The maximum Gasteiger partial charge on any atom is 0.231 e. The van der Waals surface area contributed by atoms with Crippen molar-refractivity contribution in [3.05, 3.63) is 59.2 Å². The number of hydrogen-bond donors (Lipinski definition) is 0. The van der Waals surface area contributed by atoms with E-state index in [1.165, 1.54) is 37.8 Å². The molecule has 2 atom stereocenters. The molecule has 124 valence electrons. The Labute approximate surface area is 143 Å². The molecule has 0 spiro atoms. The predicted octanol–water partition coefficient (Wildman–Crippen LogP) is 3.79. The molecule has 24 heavy (non-hydrogen) atoms. The Balaban J connectivity index is 1.39. The van der Waals surface area contributed by atoms with Crippen molar-refractivity contribution in [3.63, 3.8) is 0 Å². The molecule has 6 rings (SSSR count). The van der Waals surface area contributed by atoms with Crippen molar-refractivity contribution in [1.82, 2.24) is 4.90 Å². The molecule has 3 heterocycles. The standard InChI is InChI=1S/C21H23NO2/c1-2-4-18-11-19-7-5-15(9-17(18)3-1)12-22(19)13-16-6-8-20-21(10-16)24-14-23-20/h1-4,6,8,10,15,19H,5,7,9,11-14H2/t15-,19-/m1/s1. The molecule has 2 bridgehead atoms. The van der Waals surface area contributed by atoms with Crippen LogP contribution in [0.25, 0.3) is 0 Å². The van der Waals surface area contributed by atoms with Gasteiger partial charge < -0.3 is 9.47 Å². The van der Waals surface area contributed by atoms with Crippen LogP contribution < -0.4 is 9.47 Å². The Bertz CT molecular complexity index is 757. The molecule has 0 amide bonds. The van der Waals surface area contributed by atoms with Crippen LogP contribution in [0.15, 0.2) is 42.5 Å². The fraction of sp³-hybridized carbons (Fsp3) is 0.429. The smallest absolute Gasteiger partial charge is 0.231 e. The lowest BCUT2D eigenvalue weighted by Gasteiger charge is -2.42. The van der Waals surface area contributed by atoms with Crippen LogP contribution in [0.1, 0.15) is 29.5 Å². The summed E-state index contributed by atoms with van der Waals surface area (Å²) in [5.74, 6) is 2.56. The van der Waals surface area contributed by atoms with E-state index in [1.54, 1.807) is 11.1 Å². The Morgan fingerprint density at radius 3 is 2.67 bits per heavy atom. The van der Waals surface area contributed by atoms with Gasteiger partial charge in [0.2, 0.25) is 6.79 Å². The fourth-order valence-electron chi connectivity index (χ4n) is 4.57. The summed E-state index contributed by atoms with van der Waals surface area (Å²) in [4.78, 5) is 2.70. The molecule has 3 heteroatoms. The first-order valence-corrected chi connectivity index (χ1v) is 9.04. The Morgan fingerprint density at radius 2 is 1.75 bits per heavy atom. The highest BCUT2D eigenvalue weighted by molar-refractivity contribution is 5.44. The minimum absolute atomic E-state index is 0.351. The molecule has 0 saturated carbocycles. The summed E-state index contributed by atoms with van der Waals surface area (Å²) in [6.07, 6.45) is 5.12. The summed E-state index contributed by atoms with van der Waals surface area (Å²) in [6, 6.07) is 16.1. The van der Waals surface area contributed by atoms with Gasteiger partial charge >= 0.3 is 0 Å². The van der Waals surface area contributed by atoms with Gasteiger partial charge in [-0.05, 0) is 60.4 Å². The van der Waals surface area contributed by atoms with Crippen molar-refractivity contribution in [2.24, 2.45) is 5.92 Å². The molecule has 1 fully saturated rings. The minimum Gasteiger partial charge on any atom is -0.454 e. The molecule has 0 aromatic heterocycles. The van der Waals surface area contributed by atoms with Gasteiger partial charge in [-0.3, -0.25) is 4.90 Å². The van der Waals surface area contributed by atoms with E-state index in [2.05, 4.69) is 47.4 Å². The molecular formula is C21H23NO2. The Kier molecular flexibility index (Phi) is 3.48. The maximum absolute atomic E-state index is 5.54. The van der Waals surface area contributed by atoms with E-state index in [0.29, 0.717) is 12.8 Å². The summed E-state index contributed by atoms with van der Waals surface area (Å²) >= 11 is 0. The molecule has 1 saturated heterocycles. The third-order valence-electron chi connectivity index (χ3n) is 5.82. The zero-order valence-corrected chi connectivity index (χ0v) is 13.9. The third-order valence-corrected chi connectivity index (χ3v) is 5.82. The van der Waals surface area contributed by atoms with Crippen LogP contribution in [-0.4, -0.2) is 24.3 Å². The molecule has 3 nitrogen and oxygen atoms in total. The summed E-state index contributed by atoms with van der Waals surface area (Å²) < 4.78 is 11.0. The van der Waals surface area contributed by atoms with E-state index in [4.69, 9.17) is 9.47 Å². The number of nitrogens with zero attached hydrogens (tertiary/aromatic N) is 1.